The van der Waals surface area contributed by atoms with E-state index in [2.05, 4.69) is 15.0 Å². The molecule has 0 fully saturated rings. The van der Waals surface area contributed by atoms with Crippen molar-refractivity contribution < 1.29 is 19.2 Å². The molecule has 232 valence electrons. The van der Waals surface area contributed by atoms with Gasteiger partial charge in [-0.05, 0) is 75.4 Å². The molecule has 5 rings (SSSR count). The maximum Gasteiger partial charge on any atom is 0.338 e. The molecule has 0 saturated carbocycles. The lowest BCUT2D eigenvalue weighted by molar-refractivity contribution is -0.387. The first-order valence-electron chi connectivity index (χ1n) is 13.5. The Morgan fingerprint density at radius 1 is 1.20 bits per heavy atom. The number of hydrogen-bond donors (Lipinski definition) is 1. The molecule has 0 radical (unpaired) electrons. The van der Waals surface area contributed by atoms with E-state index in [1.807, 2.05) is 0 Å². The summed E-state index contributed by atoms with van der Waals surface area (Å²) in [6, 6.07) is 9.74. The molecule has 1 aliphatic rings. The molecule has 3 heterocycles. The van der Waals surface area contributed by atoms with Gasteiger partial charge in [-0.25, -0.2) is 14.8 Å². The molecule has 0 aliphatic carbocycles. The molecule has 1 N–H and O–H groups in total. The number of benzene rings is 2. The van der Waals surface area contributed by atoms with Crippen LogP contribution in [0.5, 0.6) is 5.75 Å². The number of aromatic amines is 1. The Morgan fingerprint density at radius 2 is 1.96 bits per heavy atom. The number of carbonyl (C=O) groups is 1. The van der Waals surface area contributed by atoms with Gasteiger partial charge in [0.2, 0.25) is 0 Å². The first-order chi connectivity index (χ1) is 21.4. The minimum Gasteiger partial charge on any atom is -0.496 e. The number of ether oxygens (including phenoxy) is 2. The fraction of sp³-hybridized carbons (Fsp3) is 0.233. The van der Waals surface area contributed by atoms with Crippen molar-refractivity contribution in [2.75, 3.05) is 7.11 Å². The van der Waals surface area contributed by atoms with Crippen molar-refractivity contribution >= 4 is 52.4 Å². The highest BCUT2D eigenvalue weighted by atomic mass is 35.5. The number of carbonyl (C=O) groups excluding carboxylic acids is 1. The number of aromatic nitrogens is 3. The molecule has 0 spiro atoms. The minimum absolute atomic E-state index is 0.156. The molecular weight excluding hydrogens is 642 g/mol. The van der Waals surface area contributed by atoms with Crippen LogP contribution < -0.4 is 25.2 Å². The van der Waals surface area contributed by atoms with Crippen molar-refractivity contribution in [1.29, 1.82) is 0 Å². The van der Waals surface area contributed by atoms with Crippen LogP contribution in [-0.2, 0) is 9.53 Å². The molecule has 0 bridgehead atoms. The fourth-order valence-electron chi connectivity index (χ4n) is 4.78. The Labute approximate surface area is 268 Å². The second-order valence-electron chi connectivity index (χ2n) is 10.2. The van der Waals surface area contributed by atoms with Crippen LogP contribution in [-0.4, -0.2) is 38.6 Å². The molecule has 0 saturated heterocycles. The molecule has 15 heteroatoms. The van der Waals surface area contributed by atoms with Gasteiger partial charge in [0.25, 0.3) is 16.8 Å². The van der Waals surface area contributed by atoms with E-state index in [1.54, 1.807) is 52.0 Å². The van der Waals surface area contributed by atoms with E-state index < -0.39 is 28.6 Å². The number of nitrogens with zero attached hydrogens (tertiary/aromatic N) is 4. The number of nitro groups is 1. The van der Waals surface area contributed by atoms with Crippen molar-refractivity contribution in [2.45, 2.75) is 49.9 Å². The van der Waals surface area contributed by atoms with E-state index >= 15 is 0 Å². The zero-order valence-corrected chi connectivity index (χ0v) is 27.0. The number of fused-ring (bicyclic) bond motifs is 1. The minimum atomic E-state index is -0.972. The average Bonchev–Trinajstić information content (AvgIpc) is 3.25. The molecular formula is C30H26ClN5O7S2. The highest BCUT2D eigenvalue weighted by Crippen LogP contribution is 2.38. The van der Waals surface area contributed by atoms with Crippen LogP contribution in [0.3, 0.4) is 0 Å². The number of nitro benzene ring substituents is 1. The van der Waals surface area contributed by atoms with Crippen LogP contribution in [0.4, 0.5) is 5.69 Å². The third-order valence-electron chi connectivity index (χ3n) is 6.60. The monoisotopic (exact) mass is 667 g/mol. The van der Waals surface area contributed by atoms with Gasteiger partial charge >= 0.3 is 5.97 Å². The standard InChI is InChI=1S/C30H26ClN5O7S2/c1-14(2)43-28(39)25-16(4)33-30-35(26(25)19-13-18(31)7-8-21(19)42-5)27(38)23(45-30)12-17-6-9-22(20(11-17)36(40)41)44-29-32-15(3)10-24(37)34-29/h6-14,26H,1-5H3,(H,32,34,37)/b23-12-/t26-/m1/s1. The van der Waals surface area contributed by atoms with Crippen LogP contribution in [0.1, 0.15) is 43.6 Å². The maximum absolute atomic E-state index is 14.0. The van der Waals surface area contributed by atoms with Gasteiger partial charge in [-0.15, -0.1) is 0 Å². The quantitative estimate of drug-likeness (QED) is 0.125. The van der Waals surface area contributed by atoms with Gasteiger partial charge < -0.3 is 14.5 Å². The van der Waals surface area contributed by atoms with Crippen molar-refractivity contribution in [3.05, 3.63) is 116 Å². The second-order valence-corrected chi connectivity index (χ2v) is 12.7. The summed E-state index contributed by atoms with van der Waals surface area (Å²) in [5.41, 5.74) is 0.752. The molecule has 1 aliphatic heterocycles. The molecule has 0 amide bonds. The summed E-state index contributed by atoms with van der Waals surface area (Å²) in [4.78, 5) is 62.7. The normalized spacial score (nSPS) is 14.7. The summed E-state index contributed by atoms with van der Waals surface area (Å²) < 4.78 is 12.7. The number of hydrogen-bond acceptors (Lipinski definition) is 11. The van der Waals surface area contributed by atoms with Crippen molar-refractivity contribution in [3.63, 3.8) is 0 Å². The van der Waals surface area contributed by atoms with E-state index in [0.29, 0.717) is 38.1 Å². The van der Waals surface area contributed by atoms with E-state index in [9.17, 15) is 24.5 Å². The lowest BCUT2D eigenvalue weighted by atomic mass is 9.95. The van der Waals surface area contributed by atoms with Gasteiger partial charge in [0.05, 0.1) is 38.8 Å². The predicted octanol–water partition coefficient (Wildman–Crippen LogP) is 4.30. The summed E-state index contributed by atoms with van der Waals surface area (Å²) in [6.45, 7) is 6.75. The number of rotatable bonds is 8. The van der Waals surface area contributed by atoms with E-state index in [-0.39, 0.29) is 31.4 Å². The zero-order valence-electron chi connectivity index (χ0n) is 24.6. The van der Waals surface area contributed by atoms with Gasteiger partial charge in [0, 0.05) is 28.4 Å². The molecule has 45 heavy (non-hydrogen) atoms. The average molecular weight is 668 g/mol. The third kappa shape index (κ3) is 6.62. The van der Waals surface area contributed by atoms with Gasteiger partial charge in [-0.2, -0.15) is 0 Å². The van der Waals surface area contributed by atoms with Crippen molar-refractivity contribution in [3.8, 4) is 5.75 Å². The molecule has 2 aromatic carbocycles. The summed E-state index contributed by atoms with van der Waals surface area (Å²) in [5.74, 6) is -0.239. The molecule has 1 atom stereocenters. The number of methoxy groups -OCH3 is 1. The molecule has 0 unspecified atom stereocenters. The van der Waals surface area contributed by atoms with E-state index in [1.165, 1.54) is 36.0 Å². The Balaban J connectivity index is 1.66. The molecule has 2 aromatic heterocycles. The summed E-state index contributed by atoms with van der Waals surface area (Å²) in [6.07, 6.45) is 1.10. The number of halogens is 1. The molecule has 4 aromatic rings. The topological polar surface area (TPSA) is 159 Å². The van der Waals surface area contributed by atoms with Crippen LogP contribution in [0.15, 0.2) is 78.4 Å². The lowest BCUT2D eigenvalue weighted by Gasteiger charge is -2.26. The number of H-pyrrole nitrogens is 1. The SMILES string of the molecule is COc1ccc(Cl)cc1[C@@H]1C(C(=O)OC(C)C)=C(C)N=c2s/c(=C\c3ccc(Sc4nc(C)cc(=O)[nH]4)c([N+](=O)[O-])c3)c(=O)n21. The van der Waals surface area contributed by atoms with Crippen LogP contribution in [0, 0.1) is 17.0 Å². The van der Waals surface area contributed by atoms with Gasteiger partial charge in [0.15, 0.2) is 9.96 Å². The van der Waals surface area contributed by atoms with Gasteiger partial charge in [-0.1, -0.05) is 29.0 Å². The zero-order chi connectivity index (χ0) is 32.6. The molecule has 12 nitrogen and oxygen atoms in total. The smallest absolute Gasteiger partial charge is 0.338 e. The van der Waals surface area contributed by atoms with Gasteiger partial charge in [-0.3, -0.25) is 24.3 Å². The first kappa shape index (κ1) is 31.9. The summed E-state index contributed by atoms with van der Waals surface area (Å²) in [7, 11) is 1.47. The third-order valence-corrected chi connectivity index (χ3v) is 8.77. The second kappa shape index (κ2) is 12.8. The summed E-state index contributed by atoms with van der Waals surface area (Å²) in [5, 5.41) is 12.6. The van der Waals surface area contributed by atoms with Crippen LogP contribution in [0.25, 0.3) is 6.08 Å². The van der Waals surface area contributed by atoms with E-state index in [0.717, 1.165) is 23.1 Å². The first-order valence-corrected chi connectivity index (χ1v) is 15.5. The highest BCUT2D eigenvalue weighted by molar-refractivity contribution is 7.99. The highest BCUT2D eigenvalue weighted by Gasteiger charge is 2.35. The van der Waals surface area contributed by atoms with Crippen molar-refractivity contribution in [1.82, 2.24) is 14.5 Å². The summed E-state index contributed by atoms with van der Waals surface area (Å²) >= 11 is 8.38. The number of aryl methyl sites for hydroxylation is 1. The fourth-order valence-corrected chi connectivity index (χ4v) is 6.93. The lowest BCUT2D eigenvalue weighted by Crippen LogP contribution is -2.40. The van der Waals surface area contributed by atoms with Crippen LogP contribution in [0.2, 0.25) is 5.02 Å². The Hall–Kier alpha value is -4.53. The number of esters is 1. The number of allylic oxidation sites excluding steroid dienone is 1. The Bertz CT molecular complexity index is 2140. The van der Waals surface area contributed by atoms with E-state index in [4.69, 9.17) is 21.1 Å². The largest absolute Gasteiger partial charge is 0.496 e. The van der Waals surface area contributed by atoms with Crippen molar-refractivity contribution in [2.24, 2.45) is 4.99 Å². The predicted molar refractivity (Wildman–Crippen MR) is 170 cm³/mol. The number of thiazole rings is 1. The Morgan fingerprint density at radius 3 is 2.62 bits per heavy atom. The Kier molecular flexibility index (Phi) is 9.09. The van der Waals surface area contributed by atoms with Crippen LogP contribution >= 0.6 is 34.7 Å². The maximum atomic E-state index is 14.0. The number of nitrogens with one attached hydrogen (secondary N) is 1. The van der Waals surface area contributed by atoms with Gasteiger partial charge in [0.1, 0.15) is 11.8 Å².